The first-order chi connectivity index (χ1) is 18.7. The Morgan fingerprint density at radius 3 is 2.67 bits per heavy atom. The van der Waals surface area contributed by atoms with Crippen LogP contribution in [0.1, 0.15) is 11.3 Å². The molecule has 2 N–H and O–H groups in total. The number of para-hydroxylation sites is 1. The Balaban J connectivity index is 1.77. The average molecular weight is 526 g/mol. The van der Waals surface area contributed by atoms with E-state index >= 15 is 0 Å². The normalized spacial score (nSPS) is 10.8. The summed E-state index contributed by atoms with van der Waals surface area (Å²) in [6.45, 7) is 7.01. The highest BCUT2D eigenvalue weighted by Crippen LogP contribution is 2.38. The van der Waals surface area contributed by atoms with Crippen molar-refractivity contribution in [3.05, 3.63) is 66.5 Å². The number of rotatable bonds is 10. The zero-order chi connectivity index (χ0) is 28.1. The number of fused-ring (bicyclic) bond motifs is 1. The predicted molar refractivity (Wildman–Crippen MR) is 153 cm³/mol. The average Bonchev–Trinajstić information content (AvgIpc) is 3.28. The summed E-state index contributed by atoms with van der Waals surface area (Å²) in [5.41, 5.74) is 3.78. The maximum absolute atomic E-state index is 12.3. The van der Waals surface area contributed by atoms with E-state index in [1.54, 1.807) is 17.9 Å². The molecule has 0 aliphatic carbocycles. The Kier molecular flexibility index (Phi) is 8.07. The highest BCUT2D eigenvalue weighted by Gasteiger charge is 2.19. The summed E-state index contributed by atoms with van der Waals surface area (Å²) in [7, 11) is 7.51. The summed E-state index contributed by atoms with van der Waals surface area (Å²) in [4.78, 5) is 25.4. The van der Waals surface area contributed by atoms with Crippen molar-refractivity contribution >= 4 is 39.8 Å². The first-order valence-corrected chi connectivity index (χ1v) is 12.3. The standard InChI is InChI=1S/C28H31N9O2/c1-7-26(38)31-21-14-22(25(39-6)15-24(21)36(5)13-12-35(3)4)32-28-30-17-19(16-29)27(33-28)37-23-11-9-8-10-20(23)18(2)34-37/h7-11,14-15,17H,1,12-13H2,2-6H3,(H,31,38)(H,30,32,33). The molecule has 11 nitrogen and oxygen atoms in total. The van der Waals surface area contributed by atoms with Crippen LogP contribution in [0.4, 0.5) is 23.0 Å². The molecule has 200 valence electrons. The Bertz CT molecular complexity index is 1570. The summed E-state index contributed by atoms with van der Waals surface area (Å²) >= 11 is 0. The van der Waals surface area contributed by atoms with E-state index in [9.17, 15) is 10.1 Å². The number of anilines is 4. The number of likely N-dealkylation sites (N-methyl/N-ethyl adjacent to an activating group) is 2. The van der Waals surface area contributed by atoms with Crippen LogP contribution >= 0.6 is 0 Å². The van der Waals surface area contributed by atoms with Crippen LogP contribution in [0.5, 0.6) is 5.75 Å². The van der Waals surface area contributed by atoms with Crippen molar-refractivity contribution in [3.8, 4) is 17.6 Å². The number of hydrogen-bond donors (Lipinski definition) is 2. The largest absolute Gasteiger partial charge is 0.494 e. The number of carbonyl (C=O) groups is 1. The number of aryl methyl sites for hydroxylation is 1. The molecule has 0 aliphatic rings. The zero-order valence-electron chi connectivity index (χ0n) is 22.7. The van der Waals surface area contributed by atoms with Crippen LogP contribution in [0.3, 0.4) is 0 Å². The molecule has 0 atom stereocenters. The van der Waals surface area contributed by atoms with Crippen molar-refractivity contribution in [1.29, 1.82) is 5.26 Å². The minimum Gasteiger partial charge on any atom is -0.494 e. The monoisotopic (exact) mass is 525 g/mol. The topological polar surface area (TPSA) is 124 Å². The number of aromatic nitrogens is 4. The maximum Gasteiger partial charge on any atom is 0.247 e. The Morgan fingerprint density at radius 1 is 1.21 bits per heavy atom. The molecule has 2 aromatic heterocycles. The first-order valence-electron chi connectivity index (χ1n) is 12.3. The first kappa shape index (κ1) is 27.1. The van der Waals surface area contributed by atoms with E-state index in [4.69, 9.17) is 4.74 Å². The van der Waals surface area contributed by atoms with Gasteiger partial charge in [-0.15, -0.1) is 0 Å². The Hall–Kier alpha value is -4.95. The van der Waals surface area contributed by atoms with Gasteiger partial charge in [0.25, 0.3) is 0 Å². The fourth-order valence-electron chi connectivity index (χ4n) is 4.08. The van der Waals surface area contributed by atoms with Gasteiger partial charge < -0.3 is 25.2 Å². The number of carbonyl (C=O) groups excluding carboxylic acids is 1. The molecule has 0 saturated heterocycles. The molecule has 11 heteroatoms. The molecular formula is C28H31N9O2. The second-order valence-corrected chi connectivity index (χ2v) is 9.17. The van der Waals surface area contributed by atoms with Crippen LogP contribution in [-0.2, 0) is 4.79 Å². The maximum atomic E-state index is 12.3. The highest BCUT2D eigenvalue weighted by molar-refractivity contribution is 6.02. The van der Waals surface area contributed by atoms with Gasteiger partial charge in [-0.1, -0.05) is 24.8 Å². The Morgan fingerprint density at radius 2 is 1.97 bits per heavy atom. The van der Waals surface area contributed by atoms with E-state index in [1.807, 2.05) is 63.3 Å². The van der Waals surface area contributed by atoms with Gasteiger partial charge in [0.15, 0.2) is 5.82 Å². The van der Waals surface area contributed by atoms with Crippen LogP contribution in [0.2, 0.25) is 0 Å². The lowest BCUT2D eigenvalue weighted by atomic mass is 10.2. The minimum atomic E-state index is -0.341. The molecule has 0 fully saturated rings. The molecule has 1 amide bonds. The predicted octanol–water partition coefficient (Wildman–Crippen LogP) is 3.87. The van der Waals surface area contributed by atoms with Crippen LogP contribution in [-0.4, -0.2) is 71.9 Å². The number of nitrogens with zero attached hydrogens (tertiary/aromatic N) is 7. The van der Waals surface area contributed by atoms with Crippen LogP contribution in [0, 0.1) is 18.3 Å². The highest BCUT2D eigenvalue weighted by atomic mass is 16.5. The lowest BCUT2D eigenvalue weighted by molar-refractivity contribution is -0.111. The lowest BCUT2D eigenvalue weighted by Gasteiger charge is -2.26. The molecule has 2 heterocycles. The van der Waals surface area contributed by atoms with Gasteiger partial charge >= 0.3 is 0 Å². The molecule has 0 bridgehead atoms. The molecule has 0 radical (unpaired) electrons. The van der Waals surface area contributed by atoms with Crippen molar-refractivity contribution in [3.63, 3.8) is 0 Å². The SMILES string of the molecule is C=CC(=O)Nc1cc(Nc2ncc(C#N)c(-n3nc(C)c4ccccc43)n2)c(OC)cc1N(C)CCN(C)C. The summed E-state index contributed by atoms with van der Waals surface area (Å²) in [6.07, 6.45) is 2.67. The number of methoxy groups -OCH3 is 1. The lowest BCUT2D eigenvalue weighted by Crippen LogP contribution is -2.29. The molecule has 4 aromatic rings. The van der Waals surface area contributed by atoms with Crippen molar-refractivity contribution in [2.24, 2.45) is 0 Å². The fourth-order valence-corrected chi connectivity index (χ4v) is 4.08. The quantitative estimate of drug-likeness (QED) is 0.297. The van der Waals surface area contributed by atoms with E-state index in [1.165, 1.54) is 12.3 Å². The van der Waals surface area contributed by atoms with Gasteiger partial charge in [0.1, 0.15) is 17.4 Å². The van der Waals surface area contributed by atoms with Gasteiger partial charge in [0.05, 0.1) is 41.6 Å². The molecule has 0 unspecified atom stereocenters. The van der Waals surface area contributed by atoms with Crippen LogP contribution in [0.25, 0.3) is 16.7 Å². The fraction of sp³-hybridized carbons (Fsp3) is 0.250. The van der Waals surface area contributed by atoms with E-state index in [0.717, 1.165) is 35.4 Å². The summed E-state index contributed by atoms with van der Waals surface area (Å²) in [5, 5.41) is 21.4. The second-order valence-electron chi connectivity index (χ2n) is 9.17. The molecule has 2 aromatic carbocycles. The zero-order valence-corrected chi connectivity index (χ0v) is 22.7. The number of nitrogens with one attached hydrogen (secondary N) is 2. The smallest absolute Gasteiger partial charge is 0.247 e. The van der Waals surface area contributed by atoms with Gasteiger partial charge in [-0.25, -0.2) is 9.67 Å². The molecule has 39 heavy (non-hydrogen) atoms. The molecule has 0 aliphatic heterocycles. The van der Waals surface area contributed by atoms with Crippen molar-refractivity contribution in [1.82, 2.24) is 24.6 Å². The van der Waals surface area contributed by atoms with E-state index in [0.29, 0.717) is 22.9 Å². The molecule has 4 rings (SSSR count). The third-order valence-electron chi connectivity index (χ3n) is 6.16. The van der Waals surface area contributed by atoms with Gasteiger partial charge in [-0.05, 0) is 39.2 Å². The number of hydrogen-bond acceptors (Lipinski definition) is 9. The molecule has 0 saturated carbocycles. The third-order valence-corrected chi connectivity index (χ3v) is 6.16. The second kappa shape index (κ2) is 11.6. The number of nitriles is 1. The van der Waals surface area contributed by atoms with E-state index < -0.39 is 0 Å². The minimum absolute atomic E-state index is 0.231. The summed E-state index contributed by atoms with van der Waals surface area (Å²) in [6, 6.07) is 13.5. The van der Waals surface area contributed by atoms with Crippen molar-refractivity contribution in [2.75, 3.05) is 56.9 Å². The number of amides is 1. The van der Waals surface area contributed by atoms with Crippen LogP contribution < -0.4 is 20.3 Å². The van der Waals surface area contributed by atoms with Crippen LogP contribution in [0.15, 0.2) is 55.3 Å². The molecule has 0 spiro atoms. The summed E-state index contributed by atoms with van der Waals surface area (Å²) in [5.74, 6) is 0.757. The number of benzene rings is 2. The van der Waals surface area contributed by atoms with Crippen molar-refractivity contribution in [2.45, 2.75) is 6.92 Å². The molecular weight excluding hydrogens is 494 g/mol. The Labute approximate surface area is 227 Å². The van der Waals surface area contributed by atoms with Gasteiger partial charge in [0.2, 0.25) is 11.9 Å². The number of ether oxygens (including phenoxy) is 1. The van der Waals surface area contributed by atoms with E-state index in [2.05, 4.69) is 43.2 Å². The van der Waals surface area contributed by atoms with Gasteiger partial charge in [0, 0.05) is 31.6 Å². The summed E-state index contributed by atoms with van der Waals surface area (Å²) < 4.78 is 7.33. The van der Waals surface area contributed by atoms with Crippen molar-refractivity contribution < 1.29 is 9.53 Å². The van der Waals surface area contributed by atoms with Gasteiger partial charge in [-0.2, -0.15) is 15.3 Å². The van der Waals surface area contributed by atoms with Gasteiger partial charge in [-0.3, -0.25) is 4.79 Å². The van der Waals surface area contributed by atoms with E-state index in [-0.39, 0.29) is 17.4 Å². The third kappa shape index (κ3) is 5.81.